The van der Waals surface area contributed by atoms with Gasteiger partial charge in [-0.25, -0.2) is 4.98 Å². The average Bonchev–Trinajstić information content (AvgIpc) is 2.77. The van der Waals surface area contributed by atoms with E-state index in [1.54, 1.807) is 18.5 Å². The Morgan fingerprint density at radius 3 is 2.41 bits per heavy atom. The average molecular weight is 382 g/mol. The van der Waals surface area contributed by atoms with Crippen molar-refractivity contribution >= 4 is 22.5 Å². The molecule has 4 rings (SSSR count). The summed E-state index contributed by atoms with van der Waals surface area (Å²) in [5, 5.41) is 3.86. The van der Waals surface area contributed by atoms with E-state index in [4.69, 9.17) is 0 Å². The minimum absolute atomic E-state index is 0.195. The Morgan fingerprint density at radius 1 is 0.931 bits per heavy atom. The monoisotopic (exact) mass is 382 g/mol. The van der Waals surface area contributed by atoms with Gasteiger partial charge < -0.3 is 10.2 Å². The molecule has 0 saturated carbocycles. The van der Waals surface area contributed by atoms with Gasteiger partial charge in [0.15, 0.2) is 0 Å². The molecule has 4 aromatic rings. The summed E-state index contributed by atoms with van der Waals surface area (Å²) in [4.78, 5) is 23.7. The number of benzene rings is 2. The van der Waals surface area contributed by atoms with Crippen LogP contribution in [0.2, 0.25) is 0 Å². The zero-order valence-corrected chi connectivity index (χ0v) is 16.5. The van der Waals surface area contributed by atoms with Gasteiger partial charge in [-0.05, 0) is 35.4 Å². The number of nitrogens with one attached hydrogen (secondary N) is 1. The third-order valence-electron chi connectivity index (χ3n) is 4.82. The Balaban J connectivity index is 1.56. The third kappa shape index (κ3) is 4.09. The van der Waals surface area contributed by atoms with Gasteiger partial charge in [0.1, 0.15) is 5.69 Å². The van der Waals surface area contributed by atoms with Crippen molar-refractivity contribution < 1.29 is 4.79 Å². The van der Waals surface area contributed by atoms with Crippen LogP contribution in [0.5, 0.6) is 0 Å². The van der Waals surface area contributed by atoms with Crippen molar-refractivity contribution in [1.82, 2.24) is 15.3 Å². The number of fused-ring (bicyclic) bond motifs is 1. The molecule has 0 radical (unpaired) electrons. The van der Waals surface area contributed by atoms with Gasteiger partial charge in [0.2, 0.25) is 0 Å². The number of hydrogen-bond acceptors (Lipinski definition) is 4. The molecule has 0 aliphatic carbocycles. The molecular formula is C24H22N4O. The second-order valence-corrected chi connectivity index (χ2v) is 7.06. The minimum Gasteiger partial charge on any atom is -0.378 e. The zero-order valence-electron chi connectivity index (χ0n) is 16.5. The van der Waals surface area contributed by atoms with Crippen molar-refractivity contribution in [3.63, 3.8) is 0 Å². The molecule has 0 aliphatic heterocycles. The van der Waals surface area contributed by atoms with Crippen LogP contribution in [0.4, 0.5) is 5.69 Å². The fraction of sp³-hybridized carbons (Fsp3) is 0.125. The van der Waals surface area contributed by atoms with E-state index in [-0.39, 0.29) is 5.91 Å². The molecule has 2 aromatic heterocycles. The lowest BCUT2D eigenvalue weighted by molar-refractivity contribution is 0.0946. The van der Waals surface area contributed by atoms with Crippen molar-refractivity contribution in [2.75, 3.05) is 19.0 Å². The lowest BCUT2D eigenvalue weighted by atomic mass is 10.0. The Bertz CT molecular complexity index is 1140. The first-order valence-corrected chi connectivity index (χ1v) is 9.46. The Labute approximate surface area is 170 Å². The zero-order chi connectivity index (χ0) is 20.2. The first-order chi connectivity index (χ1) is 14.1. The van der Waals surface area contributed by atoms with E-state index in [1.807, 2.05) is 79.7 Å². The van der Waals surface area contributed by atoms with Crippen LogP contribution >= 0.6 is 0 Å². The van der Waals surface area contributed by atoms with Gasteiger partial charge in [0.25, 0.3) is 5.91 Å². The number of carbonyl (C=O) groups excluding carboxylic acids is 1. The van der Waals surface area contributed by atoms with Crippen LogP contribution in [0, 0.1) is 0 Å². The van der Waals surface area contributed by atoms with Gasteiger partial charge in [-0.3, -0.25) is 9.78 Å². The van der Waals surface area contributed by atoms with E-state index in [9.17, 15) is 4.79 Å². The van der Waals surface area contributed by atoms with Gasteiger partial charge in [-0.2, -0.15) is 0 Å². The highest BCUT2D eigenvalue weighted by Gasteiger charge is 2.11. The maximum absolute atomic E-state index is 12.7. The molecular weight excluding hydrogens is 360 g/mol. The molecule has 0 unspecified atom stereocenters. The van der Waals surface area contributed by atoms with E-state index in [2.05, 4.69) is 15.3 Å². The van der Waals surface area contributed by atoms with Crippen LogP contribution in [0.15, 0.2) is 79.1 Å². The summed E-state index contributed by atoms with van der Waals surface area (Å²) < 4.78 is 0. The maximum atomic E-state index is 12.7. The van der Waals surface area contributed by atoms with Crippen LogP contribution in [-0.2, 0) is 6.54 Å². The van der Waals surface area contributed by atoms with Gasteiger partial charge in [0.05, 0.1) is 5.52 Å². The number of amides is 1. The third-order valence-corrected chi connectivity index (χ3v) is 4.82. The molecule has 0 bridgehead atoms. The van der Waals surface area contributed by atoms with Gasteiger partial charge in [-0.1, -0.05) is 42.5 Å². The Morgan fingerprint density at radius 2 is 1.69 bits per heavy atom. The molecule has 1 N–H and O–H groups in total. The van der Waals surface area contributed by atoms with E-state index in [0.717, 1.165) is 33.3 Å². The fourth-order valence-corrected chi connectivity index (χ4v) is 3.18. The second kappa shape index (κ2) is 8.10. The fourth-order valence-electron chi connectivity index (χ4n) is 3.18. The standard InChI is InChI=1S/C24H22N4O/c1-28(2)20-11-8-17(9-12-20)14-26-24(29)22-13-10-19-15-25-16-21(23(19)27-22)18-6-4-3-5-7-18/h3-13,15-16H,14H2,1-2H3,(H,26,29). The molecule has 2 heterocycles. The molecule has 1 amide bonds. The molecule has 0 spiro atoms. The lowest BCUT2D eigenvalue weighted by Gasteiger charge is -2.13. The van der Waals surface area contributed by atoms with Crippen molar-refractivity contribution in [3.05, 3.63) is 90.4 Å². The van der Waals surface area contributed by atoms with Gasteiger partial charge >= 0.3 is 0 Å². The molecule has 5 nitrogen and oxygen atoms in total. The van der Waals surface area contributed by atoms with Crippen molar-refractivity contribution in [1.29, 1.82) is 0 Å². The lowest BCUT2D eigenvalue weighted by Crippen LogP contribution is -2.23. The largest absolute Gasteiger partial charge is 0.378 e. The Hall–Kier alpha value is -3.73. The summed E-state index contributed by atoms with van der Waals surface area (Å²) in [5.41, 5.74) is 5.27. The number of carbonyl (C=O) groups is 1. The molecule has 0 aliphatic rings. The van der Waals surface area contributed by atoms with Gasteiger partial charge in [-0.15, -0.1) is 0 Å². The highest BCUT2D eigenvalue weighted by atomic mass is 16.1. The number of aromatic nitrogens is 2. The first kappa shape index (κ1) is 18.6. The van der Waals surface area contributed by atoms with E-state index < -0.39 is 0 Å². The SMILES string of the molecule is CN(C)c1ccc(CNC(=O)c2ccc3cncc(-c4ccccc4)c3n2)cc1. The number of hydrogen-bond donors (Lipinski definition) is 1. The van der Waals surface area contributed by atoms with E-state index in [1.165, 1.54) is 0 Å². The minimum atomic E-state index is -0.195. The highest BCUT2D eigenvalue weighted by molar-refractivity contribution is 5.98. The normalized spacial score (nSPS) is 10.7. The van der Waals surface area contributed by atoms with Crippen molar-refractivity contribution in [2.24, 2.45) is 0 Å². The van der Waals surface area contributed by atoms with E-state index in [0.29, 0.717) is 12.2 Å². The number of rotatable bonds is 5. The predicted octanol–water partition coefficient (Wildman–Crippen LogP) is 4.29. The van der Waals surface area contributed by atoms with Crippen molar-refractivity contribution in [2.45, 2.75) is 6.54 Å². The maximum Gasteiger partial charge on any atom is 0.270 e. The topological polar surface area (TPSA) is 58.1 Å². The number of anilines is 1. The molecule has 5 heteroatoms. The van der Waals surface area contributed by atoms with Gasteiger partial charge in [0, 0.05) is 49.7 Å². The first-order valence-electron chi connectivity index (χ1n) is 9.46. The molecule has 0 fully saturated rings. The summed E-state index contributed by atoms with van der Waals surface area (Å²) in [6.45, 7) is 0.453. The van der Waals surface area contributed by atoms with Crippen LogP contribution in [0.1, 0.15) is 16.1 Å². The van der Waals surface area contributed by atoms with Crippen molar-refractivity contribution in [3.8, 4) is 11.1 Å². The van der Waals surface area contributed by atoms with Crippen LogP contribution in [0.3, 0.4) is 0 Å². The number of pyridine rings is 2. The second-order valence-electron chi connectivity index (χ2n) is 7.06. The molecule has 2 aromatic carbocycles. The molecule has 0 saturated heterocycles. The summed E-state index contributed by atoms with van der Waals surface area (Å²) in [5.74, 6) is -0.195. The molecule has 144 valence electrons. The predicted molar refractivity (Wildman–Crippen MR) is 117 cm³/mol. The molecule has 29 heavy (non-hydrogen) atoms. The summed E-state index contributed by atoms with van der Waals surface area (Å²) >= 11 is 0. The summed E-state index contributed by atoms with van der Waals surface area (Å²) in [6, 6.07) is 21.7. The van der Waals surface area contributed by atoms with E-state index >= 15 is 0 Å². The Kier molecular flexibility index (Phi) is 5.20. The number of nitrogens with zero attached hydrogens (tertiary/aromatic N) is 3. The summed E-state index contributed by atoms with van der Waals surface area (Å²) in [7, 11) is 4.00. The molecule has 0 atom stereocenters. The van der Waals surface area contributed by atoms with Crippen LogP contribution in [-0.4, -0.2) is 30.0 Å². The van der Waals surface area contributed by atoms with Crippen LogP contribution < -0.4 is 10.2 Å². The quantitative estimate of drug-likeness (QED) is 0.559. The highest BCUT2D eigenvalue weighted by Crippen LogP contribution is 2.26. The summed E-state index contributed by atoms with van der Waals surface area (Å²) in [6.07, 6.45) is 3.56. The smallest absolute Gasteiger partial charge is 0.270 e. The van der Waals surface area contributed by atoms with Crippen LogP contribution in [0.25, 0.3) is 22.0 Å².